The molecule has 1 aliphatic heterocycles. The number of benzene rings is 1. The maximum absolute atomic E-state index is 12.8. The number of nitrogens with zero attached hydrogens (tertiary/aromatic N) is 2. The van der Waals surface area contributed by atoms with Gasteiger partial charge in [-0.15, -0.1) is 0 Å². The number of nitrogens with one attached hydrogen (secondary N) is 1. The minimum absolute atomic E-state index is 0.284. The molecule has 1 fully saturated rings. The van der Waals surface area contributed by atoms with Gasteiger partial charge in [-0.1, -0.05) is 6.07 Å². The fraction of sp³-hybridized carbons (Fsp3) is 0.368. The number of ether oxygens (including phenoxy) is 2. The molecule has 3 rings (SSSR count). The average Bonchev–Trinajstić information content (AvgIpc) is 3.17. The summed E-state index contributed by atoms with van der Waals surface area (Å²) in [5, 5.41) is 2.91. The van der Waals surface area contributed by atoms with Gasteiger partial charge >= 0.3 is 0 Å². The molecule has 0 unspecified atom stereocenters. The van der Waals surface area contributed by atoms with Crippen LogP contribution < -0.4 is 19.7 Å². The Hall–Kier alpha value is -2.76. The molecule has 0 atom stereocenters. The zero-order valence-electron chi connectivity index (χ0n) is 14.8. The molecule has 0 saturated carbocycles. The molecule has 1 N–H and O–H groups in total. The molecule has 0 aliphatic carbocycles. The molecule has 1 aliphatic rings. The Morgan fingerprint density at radius 2 is 1.72 bits per heavy atom. The van der Waals surface area contributed by atoms with Gasteiger partial charge in [0.15, 0.2) is 0 Å². The molecule has 1 aromatic carbocycles. The molecule has 2 aromatic rings. The summed E-state index contributed by atoms with van der Waals surface area (Å²) in [7, 11) is 3.06. The van der Waals surface area contributed by atoms with Crippen LogP contribution in [-0.2, 0) is 0 Å². The van der Waals surface area contributed by atoms with Gasteiger partial charge in [-0.3, -0.25) is 4.79 Å². The Bertz CT molecular complexity index is 748. The lowest BCUT2D eigenvalue weighted by molar-refractivity contribution is 0.102. The summed E-state index contributed by atoms with van der Waals surface area (Å²) in [5.41, 5.74) is 1.84. The van der Waals surface area contributed by atoms with E-state index in [4.69, 9.17) is 9.47 Å². The predicted octanol–water partition coefficient (Wildman–Crippen LogP) is 3.26. The second kappa shape index (κ2) is 7.42. The number of carbonyl (C=O) groups excluding carboxylic acids is 1. The number of anilines is 2. The van der Waals surface area contributed by atoms with Crippen molar-refractivity contribution >= 4 is 17.4 Å². The van der Waals surface area contributed by atoms with E-state index in [0.717, 1.165) is 24.6 Å². The van der Waals surface area contributed by atoms with Crippen LogP contribution in [0, 0.1) is 6.92 Å². The van der Waals surface area contributed by atoms with Gasteiger partial charge in [-0.2, -0.15) is 0 Å². The van der Waals surface area contributed by atoms with E-state index < -0.39 is 0 Å². The number of aromatic nitrogens is 1. The maximum atomic E-state index is 12.8. The molecule has 132 valence electrons. The van der Waals surface area contributed by atoms with E-state index in [1.807, 2.05) is 19.1 Å². The number of hydrogen-bond donors (Lipinski definition) is 1. The average molecular weight is 341 g/mol. The minimum Gasteiger partial charge on any atom is -0.496 e. The summed E-state index contributed by atoms with van der Waals surface area (Å²) in [6, 6.07) is 9.10. The lowest BCUT2D eigenvalue weighted by Gasteiger charge is -2.18. The van der Waals surface area contributed by atoms with Crippen molar-refractivity contribution in [2.45, 2.75) is 19.8 Å². The second-order valence-electron chi connectivity index (χ2n) is 5.99. The molecule has 1 aromatic heterocycles. The molecule has 6 nitrogen and oxygen atoms in total. The van der Waals surface area contributed by atoms with Crippen LogP contribution in [0.5, 0.6) is 11.5 Å². The van der Waals surface area contributed by atoms with Crippen molar-refractivity contribution in [3.8, 4) is 11.5 Å². The lowest BCUT2D eigenvalue weighted by Crippen LogP contribution is -2.20. The van der Waals surface area contributed by atoms with Crippen LogP contribution >= 0.6 is 0 Å². The molecule has 0 spiro atoms. The van der Waals surface area contributed by atoms with Crippen molar-refractivity contribution in [1.29, 1.82) is 0 Å². The van der Waals surface area contributed by atoms with Gasteiger partial charge in [-0.05, 0) is 44.0 Å². The second-order valence-corrected chi connectivity index (χ2v) is 5.99. The standard InChI is InChI=1S/C19H23N3O3/c1-13-14(9-10-17(20-13)22-11-4-5-12-22)21-19(23)18-15(24-2)7-6-8-16(18)25-3/h6-10H,4-5,11-12H2,1-3H3,(H,21,23). The molecule has 1 amide bonds. The summed E-state index contributed by atoms with van der Waals surface area (Å²) in [5.74, 6) is 1.61. The number of carbonyl (C=O) groups is 1. The summed E-state index contributed by atoms with van der Waals surface area (Å²) < 4.78 is 10.6. The Morgan fingerprint density at radius 1 is 1.08 bits per heavy atom. The van der Waals surface area contributed by atoms with Crippen LogP contribution in [0.1, 0.15) is 28.9 Å². The van der Waals surface area contributed by atoms with E-state index in [-0.39, 0.29) is 5.91 Å². The number of rotatable bonds is 5. The van der Waals surface area contributed by atoms with Crippen LogP contribution in [0.2, 0.25) is 0 Å². The normalized spacial score (nSPS) is 13.6. The van der Waals surface area contributed by atoms with Gasteiger partial charge < -0.3 is 19.7 Å². The van der Waals surface area contributed by atoms with Gasteiger partial charge in [0.2, 0.25) is 0 Å². The highest BCUT2D eigenvalue weighted by molar-refractivity contribution is 6.08. The van der Waals surface area contributed by atoms with Gasteiger partial charge in [0, 0.05) is 13.1 Å². The van der Waals surface area contributed by atoms with Gasteiger partial charge in [-0.25, -0.2) is 4.98 Å². The van der Waals surface area contributed by atoms with Crippen LogP contribution in [0.3, 0.4) is 0 Å². The monoisotopic (exact) mass is 341 g/mol. The molecular formula is C19H23N3O3. The third kappa shape index (κ3) is 3.52. The molecule has 6 heteroatoms. The van der Waals surface area contributed by atoms with E-state index in [1.54, 1.807) is 18.2 Å². The number of hydrogen-bond acceptors (Lipinski definition) is 5. The van der Waals surface area contributed by atoms with Gasteiger partial charge in [0.1, 0.15) is 22.9 Å². The quantitative estimate of drug-likeness (QED) is 0.904. The SMILES string of the molecule is COc1cccc(OC)c1C(=O)Nc1ccc(N2CCCC2)nc1C. The number of amides is 1. The summed E-state index contributed by atoms with van der Waals surface area (Å²) in [6.45, 7) is 3.97. The topological polar surface area (TPSA) is 63.7 Å². The van der Waals surface area contributed by atoms with Gasteiger partial charge in [0.05, 0.1) is 25.6 Å². The van der Waals surface area contributed by atoms with Gasteiger partial charge in [0.25, 0.3) is 5.91 Å². The maximum Gasteiger partial charge on any atom is 0.263 e. The fourth-order valence-electron chi connectivity index (χ4n) is 3.06. The first-order valence-corrected chi connectivity index (χ1v) is 8.39. The van der Waals surface area contributed by atoms with Crippen molar-refractivity contribution in [2.75, 3.05) is 37.5 Å². The van der Waals surface area contributed by atoms with Crippen molar-refractivity contribution in [2.24, 2.45) is 0 Å². The van der Waals surface area contributed by atoms with Crippen molar-refractivity contribution in [3.05, 3.63) is 41.6 Å². The largest absolute Gasteiger partial charge is 0.496 e. The zero-order chi connectivity index (χ0) is 17.8. The highest BCUT2D eigenvalue weighted by Gasteiger charge is 2.20. The molecule has 0 bridgehead atoms. The summed E-state index contributed by atoms with van der Waals surface area (Å²) >= 11 is 0. The molecule has 1 saturated heterocycles. The zero-order valence-corrected chi connectivity index (χ0v) is 14.8. The Labute approximate surface area is 147 Å². The highest BCUT2D eigenvalue weighted by atomic mass is 16.5. The van der Waals surface area contributed by atoms with E-state index in [0.29, 0.717) is 22.7 Å². The summed E-state index contributed by atoms with van der Waals surface area (Å²) in [4.78, 5) is 19.7. The fourth-order valence-corrected chi connectivity index (χ4v) is 3.06. The molecular weight excluding hydrogens is 318 g/mol. The van der Waals surface area contributed by atoms with Crippen LogP contribution in [0.25, 0.3) is 0 Å². The van der Waals surface area contributed by atoms with E-state index in [1.165, 1.54) is 27.1 Å². The van der Waals surface area contributed by atoms with Crippen molar-refractivity contribution in [3.63, 3.8) is 0 Å². The Kier molecular flexibility index (Phi) is 5.07. The smallest absolute Gasteiger partial charge is 0.263 e. The molecule has 2 heterocycles. The highest BCUT2D eigenvalue weighted by Crippen LogP contribution is 2.30. The third-order valence-corrected chi connectivity index (χ3v) is 4.40. The first-order chi connectivity index (χ1) is 12.1. The minimum atomic E-state index is -0.284. The van der Waals surface area contributed by atoms with Crippen molar-refractivity contribution < 1.29 is 14.3 Å². The molecule has 25 heavy (non-hydrogen) atoms. The van der Waals surface area contributed by atoms with Crippen molar-refractivity contribution in [1.82, 2.24) is 4.98 Å². The Balaban J connectivity index is 1.84. The van der Waals surface area contributed by atoms with E-state index >= 15 is 0 Å². The summed E-state index contributed by atoms with van der Waals surface area (Å²) in [6.07, 6.45) is 2.40. The first kappa shape index (κ1) is 17.1. The van der Waals surface area contributed by atoms with Crippen LogP contribution in [-0.4, -0.2) is 38.2 Å². The van der Waals surface area contributed by atoms with E-state index in [9.17, 15) is 4.79 Å². The van der Waals surface area contributed by atoms with Crippen LogP contribution in [0.4, 0.5) is 11.5 Å². The number of aryl methyl sites for hydroxylation is 1. The third-order valence-electron chi connectivity index (χ3n) is 4.40. The van der Waals surface area contributed by atoms with Crippen LogP contribution in [0.15, 0.2) is 30.3 Å². The lowest BCUT2D eigenvalue weighted by atomic mass is 10.1. The molecule has 0 radical (unpaired) electrons. The van der Waals surface area contributed by atoms with E-state index in [2.05, 4.69) is 15.2 Å². The number of methoxy groups -OCH3 is 2. The Morgan fingerprint density at radius 3 is 2.28 bits per heavy atom. The first-order valence-electron chi connectivity index (χ1n) is 8.39. The predicted molar refractivity (Wildman–Crippen MR) is 97.9 cm³/mol. The number of pyridine rings is 1.